The summed E-state index contributed by atoms with van der Waals surface area (Å²) < 4.78 is 28.9. The molecule has 196 valence electrons. The second kappa shape index (κ2) is 13.1. The van der Waals surface area contributed by atoms with E-state index in [1.807, 2.05) is 44.2 Å². The number of methoxy groups -OCH3 is 1. The van der Waals surface area contributed by atoms with Crippen molar-refractivity contribution in [3.8, 4) is 17.2 Å². The smallest absolute Gasteiger partial charge is 0.329 e. The molecular formula is C26H34N2O8. The van der Waals surface area contributed by atoms with Crippen molar-refractivity contribution < 1.29 is 38.4 Å². The van der Waals surface area contributed by atoms with Gasteiger partial charge in [-0.3, -0.25) is 4.79 Å². The molecule has 2 heterocycles. The Balaban J connectivity index is 1.76. The summed E-state index contributed by atoms with van der Waals surface area (Å²) in [6.45, 7) is 6.54. The average Bonchev–Trinajstić information content (AvgIpc) is 2.85. The molecular weight excluding hydrogens is 468 g/mol. The van der Waals surface area contributed by atoms with Gasteiger partial charge >= 0.3 is 5.97 Å². The van der Waals surface area contributed by atoms with E-state index < -0.39 is 42.0 Å². The number of amides is 1. The van der Waals surface area contributed by atoms with E-state index in [4.69, 9.17) is 23.7 Å². The lowest BCUT2D eigenvalue weighted by Gasteiger charge is -2.34. The Morgan fingerprint density at radius 2 is 2.00 bits per heavy atom. The Kier molecular flexibility index (Phi) is 9.89. The molecule has 2 N–H and O–H groups in total. The van der Waals surface area contributed by atoms with Crippen molar-refractivity contribution in [1.29, 1.82) is 0 Å². The average molecular weight is 503 g/mol. The van der Waals surface area contributed by atoms with Gasteiger partial charge in [0.1, 0.15) is 24.0 Å². The number of hydrogen-bond donors (Lipinski definition) is 2. The third-order valence-corrected chi connectivity index (χ3v) is 5.53. The lowest BCUT2D eigenvalue weighted by molar-refractivity contribution is -0.171. The van der Waals surface area contributed by atoms with Gasteiger partial charge in [0.15, 0.2) is 23.3 Å². The largest absolute Gasteiger partial charge is 0.503 e. The van der Waals surface area contributed by atoms with Gasteiger partial charge < -0.3 is 34.1 Å². The molecule has 1 aliphatic heterocycles. The lowest BCUT2D eigenvalue weighted by Crippen LogP contribution is -2.51. The fourth-order valence-corrected chi connectivity index (χ4v) is 3.69. The molecule has 1 aromatic heterocycles. The highest BCUT2D eigenvalue weighted by Gasteiger charge is 2.36. The predicted octanol–water partition coefficient (Wildman–Crippen LogP) is 2.74. The van der Waals surface area contributed by atoms with Crippen LogP contribution in [0.2, 0.25) is 0 Å². The van der Waals surface area contributed by atoms with E-state index in [0.717, 1.165) is 0 Å². The maximum Gasteiger partial charge on any atom is 0.329 e. The Morgan fingerprint density at radius 1 is 1.25 bits per heavy atom. The number of benzene rings is 1. The predicted molar refractivity (Wildman–Crippen MR) is 130 cm³/mol. The first-order chi connectivity index (χ1) is 17.3. The van der Waals surface area contributed by atoms with E-state index in [1.165, 1.54) is 19.4 Å². The second-order valence-electron chi connectivity index (χ2n) is 8.90. The van der Waals surface area contributed by atoms with Gasteiger partial charge in [0, 0.05) is 31.9 Å². The Morgan fingerprint density at radius 3 is 2.69 bits per heavy atom. The number of hydrogen-bond acceptors (Lipinski definition) is 9. The summed E-state index contributed by atoms with van der Waals surface area (Å²) in [5.74, 6) is -0.822. The van der Waals surface area contributed by atoms with E-state index >= 15 is 0 Å². The maximum absolute atomic E-state index is 13.1. The van der Waals surface area contributed by atoms with Gasteiger partial charge in [-0.15, -0.1) is 0 Å². The van der Waals surface area contributed by atoms with E-state index in [2.05, 4.69) is 10.3 Å². The summed E-state index contributed by atoms with van der Waals surface area (Å²) in [6, 6.07) is 9.70. The van der Waals surface area contributed by atoms with Crippen molar-refractivity contribution in [1.82, 2.24) is 10.3 Å². The number of para-hydroxylation sites is 1. The van der Waals surface area contributed by atoms with Crippen LogP contribution in [-0.4, -0.2) is 73.3 Å². The van der Waals surface area contributed by atoms with Crippen LogP contribution < -0.4 is 14.8 Å². The standard InChI is InChI=1S/C26H34N2O8/c1-16(2)14-34-24-17(3)35-26(31)19(28-25(30)22-23(29)20(32-4)10-12-27-22)11-13-33-15-21(24)36-18-8-6-5-7-9-18/h5-10,12,16-17,19,21,24,29H,11,13-15H2,1-4H3,(H,28,30)/t17-,19-,21-,24-/m0/s1. The van der Waals surface area contributed by atoms with Gasteiger partial charge in [-0.1, -0.05) is 32.0 Å². The van der Waals surface area contributed by atoms with Crippen LogP contribution in [0.4, 0.5) is 0 Å². The number of aromatic hydroxyl groups is 1. The first-order valence-electron chi connectivity index (χ1n) is 11.9. The van der Waals surface area contributed by atoms with E-state index in [9.17, 15) is 14.7 Å². The van der Waals surface area contributed by atoms with Crippen molar-refractivity contribution in [2.75, 3.05) is 26.9 Å². The summed E-state index contributed by atoms with van der Waals surface area (Å²) in [5, 5.41) is 12.8. The Labute approximate surface area is 210 Å². The van der Waals surface area contributed by atoms with Crippen LogP contribution in [0.1, 0.15) is 37.7 Å². The molecule has 0 aliphatic carbocycles. The van der Waals surface area contributed by atoms with Gasteiger partial charge in [-0.2, -0.15) is 0 Å². The van der Waals surface area contributed by atoms with Crippen LogP contribution in [-0.2, 0) is 19.0 Å². The quantitative estimate of drug-likeness (QED) is 0.524. The van der Waals surface area contributed by atoms with E-state index in [1.54, 1.807) is 6.92 Å². The minimum Gasteiger partial charge on any atom is -0.503 e. The number of nitrogens with zero attached hydrogens (tertiary/aromatic N) is 1. The van der Waals surface area contributed by atoms with Crippen LogP contribution in [0.3, 0.4) is 0 Å². The second-order valence-corrected chi connectivity index (χ2v) is 8.90. The van der Waals surface area contributed by atoms with Gasteiger partial charge in [-0.25, -0.2) is 9.78 Å². The van der Waals surface area contributed by atoms with Gasteiger partial charge in [0.25, 0.3) is 5.91 Å². The van der Waals surface area contributed by atoms with Gasteiger partial charge in [-0.05, 0) is 25.0 Å². The third kappa shape index (κ3) is 7.32. The van der Waals surface area contributed by atoms with Crippen LogP contribution >= 0.6 is 0 Å². The number of nitrogens with one attached hydrogen (secondary N) is 1. The summed E-state index contributed by atoms with van der Waals surface area (Å²) >= 11 is 0. The molecule has 3 rings (SSSR count). The molecule has 1 aliphatic rings. The van der Waals surface area contributed by atoms with Gasteiger partial charge in [0.2, 0.25) is 0 Å². The first-order valence-corrected chi connectivity index (χ1v) is 11.9. The first kappa shape index (κ1) is 27.2. The number of cyclic esters (lactones) is 1. The molecule has 1 fully saturated rings. The zero-order chi connectivity index (χ0) is 26.1. The maximum atomic E-state index is 13.1. The highest BCUT2D eigenvalue weighted by molar-refractivity contribution is 5.97. The summed E-state index contributed by atoms with van der Waals surface area (Å²) in [7, 11) is 1.36. The van der Waals surface area contributed by atoms with Crippen molar-refractivity contribution in [3.63, 3.8) is 0 Å². The Hall–Kier alpha value is -3.37. The van der Waals surface area contributed by atoms with Crippen LogP contribution in [0, 0.1) is 5.92 Å². The number of pyridine rings is 1. The number of carbonyl (C=O) groups is 2. The monoisotopic (exact) mass is 502 g/mol. The van der Waals surface area contributed by atoms with E-state index in [-0.39, 0.29) is 37.0 Å². The van der Waals surface area contributed by atoms with Crippen molar-refractivity contribution in [3.05, 3.63) is 48.3 Å². The number of aromatic nitrogens is 1. The molecule has 1 amide bonds. The Bertz CT molecular complexity index is 1000. The molecule has 2 aromatic rings. The molecule has 10 nitrogen and oxygen atoms in total. The van der Waals surface area contributed by atoms with E-state index in [0.29, 0.717) is 12.4 Å². The highest BCUT2D eigenvalue weighted by atomic mass is 16.6. The van der Waals surface area contributed by atoms with Crippen LogP contribution in [0.25, 0.3) is 0 Å². The lowest BCUT2D eigenvalue weighted by atomic mass is 10.1. The molecule has 10 heteroatoms. The summed E-state index contributed by atoms with van der Waals surface area (Å²) in [4.78, 5) is 29.8. The van der Waals surface area contributed by atoms with Crippen molar-refractivity contribution >= 4 is 11.9 Å². The molecule has 0 unspecified atom stereocenters. The fourth-order valence-electron chi connectivity index (χ4n) is 3.69. The molecule has 4 atom stereocenters. The normalized spacial score (nSPS) is 23.0. The fraction of sp³-hybridized carbons (Fsp3) is 0.500. The zero-order valence-corrected chi connectivity index (χ0v) is 21.0. The molecule has 0 radical (unpaired) electrons. The highest BCUT2D eigenvalue weighted by Crippen LogP contribution is 2.27. The molecule has 0 spiro atoms. The molecule has 36 heavy (non-hydrogen) atoms. The number of rotatable bonds is 8. The minimum absolute atomic E-state index is 0.0928. The molecule has 1 saturated heterocycles. The van der Waals surface area contributed by atoms with Crippen LogP contribution in [0.15, 0.2) is 42.6 Å². The molecule has 0 bridgehead atoms. The number of esters is 1. The van der Waals surface area contributed by atoms with Crippen LogP contribution in [0.5, 0.6) is 17.2 Å². The minimum atomic E-state index is -1.02. The zero-order valence-electron chi connectivity index (χ0n) is 21.0. The van der Waals surface area contributed by atoms with Gasteiger partial charge in [0.05, 0.1) is 13.7 Å². The SMILES string of the molecule is COc1ccnc(C(=O)N[C@H]2CCOC[C@H](Oc3ccccc3)[C@@H](OCC(C)C)[C@H](C)OC2=O)c1O. The molecule has 1 aromatic carbocycles. The number of carbonyl (C=O) groups excluding carboxylic acids is 2. The number of ether oxygens (including phenoxy) is 5. The third-order valence-electron chi connectivity index (χ3n) is 5.53. The summed E-state index contributed by atoms with van der Waals surface area (Å²) in [5.41, 5.74) is -0.261. The van der Waals surface area contributed by atoms with Crippen molar-refractivity contribution in [2.24, 2.45) is 5.92 Å². The molecule has 0 saturated carbocycles. The topological polar surface area (TPSA) is 125 Å². The summed E-state index contributed by atoms with van der Waals surface area (Å²) in [6.07, 6.45) is -0.367. The van der Waals surface area contributed by atoms with Crippen molar-refractivity contribution in [2.45, 2.75) is 51.5 Å².